The highest BCUT2D eigenvalue weighted by Gasteiger charge is 2.41. The molecule has 9 nitrogen and oxygen atoms in total. The van der Waals surface area contributed by atoms with E-state index in [4.69, 9.17) is 0 Å². The molecule has 0 unspecified atom stereocenters. The van der Waals surface area contributed by atoms with Crippen molar-refractivity contribution in [1.82, 2.24) is 25.0 Å². The molecule has 1 N–H and O–H groups in total. The zero-order valence-electron chi connectivity index (χ0n) is 13.8. The number of hydrogen-bond donors (Lipinski definition) is 1. The van der Waals surface area contributed by atoms with Crippen molar-refractivity contribution in [3.05, 3.63) is 59.0 Å². The molecule has 0 aliphatic carbocycles. The van der Waals surface area contributed by atoms with Crippen LogP contribution in [-0.4, -0.2) is 61.7 Å². The van der Waals surface area contributed by atoms with Gasteiger partial charge in [0.25, 0.3) is 23.6 Å². The van der Waals surface area contributed by atoms with Crippen LogP contribution in [0, 0.1) is 0 Å². The van der Waals surface area contributed by atoms with Gasteiger partial charge in [-0.25, -0.2) is 4.98 Å². The summed E-state index contributed by atoms with van der Waals surface area (Å²) in [4.78, 5) is 56.3. The second-order valence-corrected chi connectivity index (χ2v) is 6.25. The summed E-state index contributed by atoms with van der Waals surface area (Å²) in [6.07, 6.45) is 2.91. The van der Waals surface area contributed by atoms with E-state index in [1.54, 1.807) is 24.3 Å². The highest BCUT2D eigenvalue weighted by Crippen LogP contribution is 2.28. The molecule has 0 spiro atoms. The summed E-state index contributed by atoms with van der Waals surface area (Å²) < 4.78 is 0. The molecule has 2 aromatic heterocycles. The summed E-state index contributed by atoms with van der Waals surface area (Å²) in [6, 6.07) is 6.52. The number of H-pyrrole nitrogens is 1. The van der Waals surface area contributed by atoms with Crippen molar-refractivity contribution in [2.24, 2.45) is 0 Å². The Morgan fingerprint density at radius 1 is 0.815 bits per heavy atom. The highest BCUT2D eigenvalue weighted by molar-refractivity contribution is 6.25. The van der Waals surface area contributed by atoms with Crippen molar-refractivity contribution >= 4 is 34.5 Å². The molecule has 0 fully saturated rings. The number of nitrogens with one attached hydrogen (secondary N) is 1. The third-order valence-electron chi connectivity index (χ3n) is 4.83. The van der Waals surface area contributed by atoms with E-state index in [1.165, 1.54) is 12.4 Å². The minimum absolute atomic E-state index is 0.0521. The fourth-order valence-electron chi connectivity index (χ4n) is 3.49. The lowest BCUT2D eigenvalue weighted by molar-refractivity contribution is 0.0560. The third-order valence-corrected chi connectivity index (χ3v) is 4.83. The second kappa shape index (κ2) is 5.31. The number of imide groups is 2. The predicted molar refractivity (Wildman–Crippen MR) is 91.1 cm³/mol. The number of rotatable bonds is 3. The fraction of sp³-hybridized carbons (Fsp3) is 0.111. The maximum atomic E-state index is 12.7. The number of carbonyl (C=O) groups excluding carboxylic acids is 4. The molecule has 0 atom stereocenters. The van der Waals surface area contributed by atoms with Crippen LogP contribution < -0.4 is 0 Å². The first-order valence-electron chi connectivity index (χ1n) is 8.21. The number of benzene rings is 1. The van der Waals surface area contributed by atoms with Gasteiger partial charge in [-0.3, -0.25) is 34.1 Å². The molecule has 1 aromatic carbocycles. The first-order chi connectivity index (χ1) is 13.1. The van der Waals surface area contributed by atoms with E-state index < -0.39 is 23.6 Å². The number of aromatic amines is 1. The van der Waals surface area contributed by atoms with Crippen LogP contribution in [0.1, 0.15) is 41.6 Å². The van der Waals surface area contributed by atoms with Crippen molar-refractivity contribution in [2.75, 3.05) is 13.1 Å². The Kier molecular flexibility index (Phi) is 3.02. The molecule has 2 aliphatic heterocycles. The van der Waals surface area contributed by atoms with Crippen LogP contribution in [0.25, 0.3) is 10.9 Å². The van der Waals surface area contributed by atoms with Gasteiger partial charge in [-0.2, -0.15) is 5.10 Å². The summed E-state index contributed by atoms with van der Waals surface area (Å²) in [5.41, 5.74) is 1.44. The molecule has 4 amide bonds. The van der Waals surface area contributed by atoms with E-state index in [2.05, 4.69) is 15.2 Å². The Morgan fingerprint density at radius 2 is 1.44 bits per heavy atom. The van der Waals surface area contributed by atoms with Crippen LogP contribution in [0.4, 0.5) is 0 Å². The quantitative estimate of drug-likeness (QED) is 0.691. The summed E-state index contributed by atoms with van der Waals surface area (Å²) in [6.45, 7) is -0.175. The first kappa shape index (κ1) is 15.4. The fourth-order valence-corrected chi connectivity index (χ4v) is 3.49. The normalized spacial score (nSPS) is 15.9. The van der Waals surface area contributed by atoms with Gasteiger partial charge in [-0.1, -0.05) is 12.1 Å². The van der Waals surface area contributed by atoms with Crippen LogP contribution in [0.5, 0.6) is 0 Å². The van der Waals surface area contributed by atoms with Crippen molar-refractivity contribution in [3.63, 3.8) is 0 Å². The zero-order valence-corrected chi connectivity index (χ0v) is 13.8. The standard InChI is InChI=1S/C18H11N5O4/c24-15-9-3-1-2-4-10(9)16(25)22(15)5-6-23-17(26)13-11-7-20-21-12(11)8-19-14(13)18(23)27/h1-4,7-8H,5-6H2,(H,20,21). The largest absolute Gasteiger partial charge is 0.280 e. The number of hydrogen-bond acceptors (Lipinski definition) is 6. The van der Waals surface area contributed by atoms with Gasteiger partial charge in [0.15, 0.2) is 0 Å². The first-order valence-corrected chi connectivity index (χ1v) is 8.21. The van der Waals surface area contributed by atoms with E-state index in [-0.39, 0.29) is 24.3 Å². The van der Waals surface area contributed by atoms with Crippen molar-refractivity contribution < 1.29 is 19.2 Å². The van der Waals surface area contributed by atoms with Crippen LogP contribution >= 0.6 is 0 Å². The number of nitrogens with zero attached hydrogens (tertiary/aromatic N) is 4. The van der Waals surface area contributed by atoms with Crippen LogP contribution in [0.15, 0.2) is 36.7 Å². The number of carbonyl (C=O) groups is 4. The average molecular weight is 361 g/mol. The predicted octanol–water partition coefficient (Wildman–Crippen LogP) is 0.850. The number of pyridine rings is 1. The molecule has 9 heteroatoms. The summed E-state index contributed by atoms with van der Waals surface area (Å²) in [5, 5.41) is 7.09. The molecular weight excluding hydrogens is 350 g/mol. The molecule has 4 heterocycles. The van der Waals surface area contributed by atoms with Gasteiger partial charge in [0.05, 0.1) is 34.6 Å². The molecule has 0 saturated carbocycles. The van der Waals surface area contributed by atoms with Crippen LogP contribution in [0.2, 0.25) is 0 Å². The van der Waals surface area contributed by atoms with E-state index in [0.29, 0.717) is 22.0 Å². The van der Waals surface area contributed by atoms with Gasteiger partial charge >= 0.3 is 0 Å². The van der Waals surface area contributed by atoms with Gasteiger partial charge in [-0.05, 0) is 12.1 Å². The lowest BCUT2D eigenvalue weighted by Crippen LogP contribution is -2.40. The lowest BCUT2D eigenvalue weighted by atomic mass is 10.1. The van der Waals surface area contributed by atoms with Gasteiger partial charge < -0.3 is 0 Å². The van der Waals surface area contributed by atoms with Crippen molar-refractivity contribution in [1.29, 1.82) is 0 Å². The van der Waals surface area contributed by atoms with Crippen LogP contribution in [0.3, 0.4) is 0 Å². The number of amides is 4. The number of aromatic nitrogens is 3. The molecule has 0 bridgehead atoms. The molecule has 3 aromatic rings. The Hall–Kier alpha value is -3.88. The van der Waals surface area contributed by atoms with E-state index in [1.807, 2.05) is 0 Å². The molecule has 2 aliphatic rings. The Bertz CT molecular complexity index is 1150. The third kappa shape index (κ3) is 1.99. The summed E-state index contributed by atoms with van der Waals surface area (Å²) in [7, 11) is 0. The van der Waals surface area contributed by atoms with Gasteiger partial charge in [0.1, 0.15) is 5.69 Å². The summed E-state index contributed by atoms with van der Waals surface area (Å²) >= 11 is 0. The van der Waals surface area contributed by atoms with E-state index in [0.717, 1.165) is 9.80 Å². The Morgan fingerprint density at radius 3 is 2.11 bits per heavy atom. The minimum Gasteiger partial charge on any atom is -0.276 e. The molecule has 5 rings (SSSR count). The Labute approximate surface area is 151 Å². The molecule has 132 valence electrons. The topological polar surface area (TPSA) is 116 Å². The SMILES string of the molecule is O=C1c2ccccc2C(=O)N1CCN1C(=O)c2ncc3[nH]ncc3c2C1=O. The lowest BCUT2D eigenvalue weighted by Gasteiger charge is -2.18. The smallest absolute Gasteiger partial charge is 0.276 e. The molecule has 0 saturated heterocycles. The summed E-state index contributed by atoms with van der Waals surface area (Å²) in [5.74, 6) is -1.91. The molecule has 0 radical (unpaired) electrons. The highest BCUT2D eigenvalue weighted by atomic mass is 16.2. The Balaban J connectivity index is 1.41. The maximum absolute atomic E-state index is 12.7. The van der Waals surface area contributed by atoms with Crippen molar-refractivity contribution in [3.8, 4) is 0 Å². The minimum atomic E-state index is -0.547. The molecular formula is C18H11N5O4. The van der Waals surface area contributed by atoms with E-state index in [9.17, 15) is 19.2 Å². The van der Waals surface area contributed by atoms with Gasteiger partial charge in [0, 0.05) is 18.5 Å². The second-order valence-electron chi connectivity index (χ2n) is 6.25. The molecule has 27 heavy (non-hydrogen) atoms. The maximum Gasteiger partial charge on any atom is 0.280 e. The van der Waals surface area contributed by atoms with Gasteiger partial charge in [0.2, 0.25) is 0 Å². The zero-order chi connectivity index (χ0) is 18.7. The monoisotopic (exact) mass is 361 g/mol. The van der Waals surface area contributed by atoms with E-state index >= 15 is 0 Å². The average Bonchev–Trinajstić information content (AvgIpc) is 3.32. The van der Waals surface area contributed by atoms with Crippen molar-refractivity contribution in [2.45, 2.75) is 0 Å². The van der Waals surface area contributed by atoms with Gasteiger partial charge in [-0.15, -0.1) is 0 Å². The van der Waals surface area contributed by atoms with Crippen LogP contribution in [-0.2, 0) is 0 Å². The number of fused-ring (bicyclic) bond motifs is 4.